The summed E-state index contributed by atoms with van der Waals surface area (Å²) in [5.74, 6) is -1.06. The minimum absolute atomic E-state index is 0.101. The number of carboxylic acids is 1. The van der Waals surface area contributed by atoms with Crippen LogP contribution in [0.5, 0.6) is 0 Å². The largest absolute Gasteiger partial charge is 0.478 e. The van der Waals surface area contributed by atoms with E-state index in [9.17, 15) is 14.5 Å². The van der Waals surface area contributed by atoms with Crippen molar-refractivity contribution in [3.8, 4) is 0 Å². The molecular weight excluding hydrogens is 351 g/mol. The first kappa shape index (κ1) is 22.6. The van der Waals surface area contributed by atoms with Crippen LogP contribution in [-0.2, 0) is 13.6 Å². The van der Waals surface area contributed by atoms with Gasteiger partial charge >= 0.3 is 13.6 Å². The number of aromatic carboxylic acids is 1. The number of hydrogen-bond acceptors (Lipinski definition) is 4. The maximum absolute atomic E-state index is 13.3. The molecular formula is C20H31O5P. The third-order valence-corrected chi connectivity index (χ3v) is 6.18. The Morgan fingerprint density at radius 1 is 1.00 bits per heavy atom. The number of hydrogen-bond donors (Lipinski definition) is 1. The van der Waals surface area contributed by atoms with E-state index in [1.54, 1.807) is 32.0 Å². The van der Waals surface area contributed by atoms with Crippen LogP contribution in [0, 0.1) is 0 Å². The van der Waals surface area contributed by atoms with Gasteiger partial charge in [-0.1, -0.05) is 56.9 Å². The zero-order valence-corrected chi connectivity index (χ0v) is 17.0. The standard InChI is InChI=1S/C20H31O5P/c1-4-7-8-9-10-11-16-19(26(23,24-5-2)25-6-3)17-14-12-13-15-18(17)20(21)22/h12-16H,4-11H2,1-3H3,(H,21,22)/b19-16+. The van der Waals surface area contributed by atoms with Crippen molar-refractivity contribution < 1.29 is 23.5 Å². The van der Waals surface area contributed by atoms with Crippen LogP contribution in [0.2, 0.25) is 0 Å². The van der Waals surface area contributed by atoms with Gasteiger partial charge in [0.05, 0.1) is 24.1 Å². The Morgan fingerprint density at radius 3 is 2.12 bits per heavy atom. The zero-order valence-electron chi connectivity index (χ0n) is 16.1. The fourth-order valence-corrected chi connectivity index (χ4v) is 4.64. The number of unbranched alkanes of at least 4 members (excludes halogenated alkanes) is 5. The molecule has 0 saturated carbocycles. The predicted octanol–water partition coefficient (Wildman–Crippen LogP) is 6.35. The van der Waals surface area contributed by atoms with E-state index in [0.717, 1.165) is 12.8 Å². The summed E-state index contributed by atoms with van der Waals surface area (Å²) in [5.41, 5.74) is 0.503. The second kappa shape index (κ2) is 12.1. The lowest BCUT2D eigenvalue weighted by Crippen LogP contribution is -2.05. The molecule has 0 saturated heterocycles. The Hall–Kier alpha value is -1.42. The summed E-state index contributed by atoms with van der Waals surface area (Å²) in [7, 11) is -3.58. The Labute approximate surface area is 156 Å². The lowest BCUT2D eigenvalue weighted by molar-refractivity contribution is 0.0696. The van der Waals surface area contributed by atoms with Crippen molar-refractivity contribution in [1.29, 1.82) is 0 Å². The van der Waals surface area contributed by atoms with E-state index in [4.69, 9.17) is 9.05 Å². The maximum Gasteiger partial charge on any atom is 0.361 e. The van der Waals surface area contributed by atoms with Gasteiger partial charge in [-0.3, -0.25) is 4.57 Å². The fourth-order valence-electron chi connectivity index (χ4n) is 2.77. The predicted molar refractivity (Wildman–Crippen MR) is 106 cm³/mol. The van der Waals surface area contributed by atoms with E-state index in [0.29, 0.717) is 17.3 Å². The minimum atomic E-state index is -3.58. The molecule has 1 aromatic rings. The van der Waals surface area contributed by atoms with Crippen molar-refractivity contribution in [2.45, 2.75) is 59.3 Å². The molecule has 0 atom stereocenters. The van der Waals surface area contributed by atoms with Crippen LogP contribution < -0.4 is 0 Å². The summed E-state index contributed by atoms with van der Waals surface area (Å²) < 4.78 is 24.3. The Morgan fingerprint density at radius 2 is 1.58 bits per heavy atom. The molecule has 26 heavy (non-hydrogen) atoms. The van der Waals surface area contributed by atoms with Crippen molar-refractivity contribution in [3.05, 3.63) is 41.5 Å². The quantitative estimate of drug-likeness (QED) is 0.318. The highest BCUT2D eigenvalue weighted by atomic mass is 31.2. The maximum atomic E-state index is 13.3. The summed E-state index contributed by atoms with van der Waals surface area (Å²) in [6.45, 7) is 6.11. The first-order chi connectivity index (χ1) is 12.5. The smallest absolute Gasteiger partial charge is 0.361 e. The van der Waals surface area contributed by atoms with E-state index in [2.05, 4.69) is 6.92 Å². The molecule has 0 radical (unpaired) electrons. The van der Waals surface area contributed by atoms with Crippen LogP contribution >= 0.6 is 7.60 Å². The van der Waals surface area contributed by atoms with E-state index in [1.807, 2.05) is 6.08 Å². The molecule has 0 bridgehead atoms. The average molecular weight is 382 g/mol. The highest BCUT2D eigenvalue weighted by molar-refractivity contribution is 7.65. The monoisotopic (exact) mass is 382 g/mol. The molecule has 0 fully saturated rings. The first-order valence-electron chi connectivity index (χ1n) is 9.42. The van der Waals surface area contributed by atoms with Gasteiger partial charge in [0.2, 0.25) is 0 Å². The molecule has 1 N–H and O–H groups in total. The molecule has 0 aromatic heterocycles. The minimum Gasteiger partial charge on any atom is -0.478 e. The van der Waals surface area contributed by atoms with Crippen LogP contribution in [0.25, 0.3) is 5.31 Å². The fraction of sp³-hybridized carbons (Fsp3) is 0.550. The van der Waals surface area contributed by atoms with E-state index >= 15 is 0 Å². The van der Waals surface area contributed by atoms with Gasteiger partial charge in [-0.05, 0) is 32.8 Å². The summed E-state index contributed by atoms with van der Waals surface area (Å²) in [6.07, 6.45) is 8.13. The molecule has 0 aliphatic carbocycles. The molecule has 146 valence electrons. The third kappa shape index (κ3) is 6.71. The summed E-state index contributed by atoms with van der Waals surface area (Å²) in [6, 6.07) is 6.56. The SMILES string of the molecule is CCCCCCC/C=C(\c1ccccc1C(=O)O)P(=O)(OCC)OCC. The van der Waals surface area contributed by atoms with Gasteiger partial charge in [-0.15, -0.1) is 0 Å². The van der Waals surface area contributed by atoms with E-state index < -0.39 is 13.6 Å². The van der Waals surface area contributed by atoms with Crippen molar-refractivity contribution in [2.24, 2.45) is 0 Å². The summed E-state index contributed by atoms with van der Waals surface area (Å²) in [4.78, 5) is 11.6. The van der Waals surface area contributed by atoms with Crippen LogP contribution in [-0.4, -0.2) is 24.3 Å². The molecule has 0 aliphatic heterocycles. The van der Waals surface area contributed by atoms with Gasteiger partial charge in [0, 0.05) is 5.56 Å². The zero-order chi connectivity index (χ0) is 19.4. The van der Waals surface area contributed by atoms with Gasteiger partial charge in [0.25, 0.3) is 0 Å². The molecule has 0 spiro atoms. The third-order valence-electron chi connectivity index (χ3n) is 3.97. The van der Waals surface area contributed by atoms with Gasteiger partial charge in [-0.25, -0.2) is 4.79 Å². The lowest BCUT2D eigenvalue weighted by atomic mass is 10.1. The van der Waals surface area contributed by atoms with Gasteiger partial charge in [0.15, 0.2) is 0 Å². The molecule has 0 unspecified atom stereocenters. The molecule has 1 aromatic carbocycles. The molecule has 6 heteroatoms. The van der Waals surface area contributed by atoms with Crippen LogP contribution in [0.15, 0.2) is 30.3 Å². The molecule has 0 amide bonds. The highest BCUT2D eigenvalue weighted by Gasteiger charge is 2.32. The molecule has 0 aliphatic rings. The molecule has 0 heterocycles. The van der Waals surface area contributed by atoms with Crippen LogP contribution in [0.4, 0.5) is 0 Å². The Kier molecular flexibility index (Phi) is 10.5. The number of carbonyl (C=O) groups is 1. The number of rotatable bonds is 13. The Balaban J connectivity index is 3.21. The normalized spacial score (nSPS) is 12.3. The van der Waals surface area contributed by atoms with Crippen molar-refractivity contribution in [3.63, 3.8) is 0 Å². The van der Waals surface area contributed by atoms with Gasteiger partial charge in [0.1, 0.15) is 0 Å². The molecule has 5 nitrogen and oxygen atoms in total. The van der Waals surface area contributed by atoms with Gasteiger partial charge < -0.3 is 14.2 Å². The van der Waals surface area contributed by atoms with Gasteiger partial charge in [-0.2, -0.15) is 0 Å². The van der Waals surface area contributed by atoms with E-state index in [-0.39, 0.29) is 18.8 Å². The Bertz CT molecular complexity index is 629. The topological polar surface area (TPSA) is 72.8 Å². The lowest BCUT2D eigenvalue weighted by Gasteiger charge is -2.21. The van der Waals surface area contributed by atoms with Crippen molar-refractivity contribution in [2.75, 3.05) is 13.2 Å². The second-order valence-corrected chi connectivity index (χ2v) is 7.97. The van der Waals surface area contributed by atoms with E-state index in [1.165, 1.54) is 25.3 Å². The van der Waals surface area contributed by atoms with Crippen molar-refractivity contribution >= 4 is 18.9 Å². The summed E-state index contributed by atoms with van der Waals surface area (Å²) >= 11 is 0. The first-order valence-corrected chi connectivity index (χ1v) is 11.0. The highest BCUT2D eigenvalue weighted by Crippen LogP contribution is 2.61. The van der Waals surface area contributed by atoms with Crippen LogP contribution in [0.1, 0.15) is 75.2 Å². The molecule has 1 rings (SSSR count). The number of carboxylic acid groups (broad SMARTS) is 1. The average Bonchev–Trinajstić information content (AvgIpc) is 2.61. The number of allylic oxidation sites excluding steroid dienone is 1. The van der Waals surface area contributed by atoms with Crippen LogP contribution in [0.3, 0.4) is 0 Å². The number of benzene rings is 1. The second-order valence-electron chi connectivity index (χ2n) is 5.98. The summed E-state index contributed by atoms with van der Waals surface area (Å²) in [5, 5.41) is 9.87. The van der Waals surface area contributed by atoms with Crippen molar-refractivity contribution in [1.82, 2.24) is 0 Å².